The maximum Gasteiger partial charge on any atom is 0.308 e. The summed E-state index contributed by atoms with van der Waals surface area (Å²) in [5, 5.41) is 2.70. The van der Waals surface area contributed by atoms with Crippen molar-refractivity contribution in [3.63, 3.8) is 0 Å². The molecule has 1 aromatic carbocycles. The van der Waals surface area contributed by atoms with Crippen molar-refractivity contribution in [1.82, 2.24) is 10.2 Å². The molecule has 2 amide bonds. The Kier molecular flexibility index (Phi) is 8.74. The van der Waals surface area contributed by atoms with Gasteiger partial charge in [0, 0.05) is 25.3 Å². The SMILES string of the molecule is CCCOC(=O)CC1C(=O)NCCN1C(=O)c1cccc(OCCOCC)c1. The predicted octanol–water partition coefficient (Wildman–Crippen LogP) is 1.39. The highest BCUT2D eigenvalue weighted by Crippen LogP contribution is 2.19. The lowest BCUT2D eigenvalue weighted by Gasteiger charge is -2.34. The molecular formula is C20H28N2O6. The summed E-state index contributed by atoms with van der Waals surface area (Å²) in [6.07, 6.45) is 0.531. The Balaban J connectivity index is 2.07. The molecule has 1 aliphatic heterocycles. The molecule has 1 fully saturated rings. The van der Waals surface area contributed by atoms with E-state index in [9.17, 15) is 14.4 Å². The van der Waals surface area contributed by atoms with Crippen LogP contribution in [0.1, 0.15) is 37.0 Å². The van der Waals surface area contributed by atoms with Crippen LogP contribution in [0.3, 0.4) is 0 Å². The summed E-state index contributed by atoms with van der Waals surface area (Å²) in [7, 11) is 0. The summed E-state index contributed by atoms with van der Waals surface area (Å²) in [6.45, 7) is 6.21. The van der Waals surface area contributed by atoms with Crippen LogP contribution in [0.4, 0.5) is 0 Å². The third-order valence-electron chi connectivity index (χ3n) is 4.20. The number of piperazine rings is 1. The normalized spacial score (nSPS) is 16.4. The van der Waals surface area contributed by atoms with E-state index < -0.39 is 12.0 Å². The molecule has 0 aliphatic carbocycles. The van der Waals surface area contributed by atoms with Crippen molar-refractivity contribution >= 4 is 17.8 Å². The van der Waals surface area contributed by atoms with Crippen LogP contribution >= 0.6 is 0 Å². The largest absolute Gasteiger partial charge is 0.491 e. The summed E-state index contributed by atoms with van der Waals surface area (Å²) >= 11 is 0. The van der Waals surface area contributed by atoms with Crippen LogP contribution in [-0.2, 0) is 19.1 Å². The maximum atomic E-state index is 13.0. The number of carbonyl (C=O) groups is 3. The monoisotopic (exact) mass is 392 g/mol. The van der Waals surface area contributed by atoms with Crippen molar-refractivity contribution in [2.75, 3.05) is 39.5 Å². The van der Waals surface area contributed by atoms with Gasteiger partial charge in [0.1, 0.15) is 18.4 Å². The molecule has 1 aromatic rings. The van der Waals surface area contributed by atoms with Crippen LogP contribution in [0, 0.1) is 0 Å². The van der Waals surface area contributed by atoms with Crippen LogP contribution in [-0.4, -0.2) is 68.2 Å². The molecule has 0 bridgehead atoms. The quantitative estimate of drug-likeness (QED) is 0.478. The number of nitrogens with one attached hydrogen (secondary N) is 1. The number of ether oxygens (including phenoxy) is 3. The molecule has 0 aromatic heterocycles. The molecule has 28 heavy (non-hydrogen) atoms. The van der Waals surface area contributed by atoms with Gasteiger partial charge in [-0.2, -0.15) is 0 Å². The first-order valence-corrected chi connectivity index (χ1v) is 9.61. The number of carbonyl (C=O) groups excluding carboxylic acids is 3. The zero-order chi connectivity index (χ0) is 20.4. The average Bonchev–Trinajstić information content (AvgIpc) is 2.71. The lowest BCUT2D eigenvalue weighted by atomic mass is 10.1. The Hall–Kier alpha value is -2.61. The Bertz CT molecular complexity index is 678. The first kappa shape index (κ1) is 21.7. The minimum Gasteiger partial charge on any atom is -0.491 e. The van der Waals surface area contributed by atoms with Crippen molar-refractivity contribution < 1.29 is 28.6 Å². The smallest absolute Gasteiger partial charge is 0.308 e. The van der Waals surface area contributed by atoms with E-state index in [0.29, 0.717) is 57.3 Å². The second-order valence-corrected chi connectivity index (χ2v) is 6.30. The molecule has 1 atom stereocenters. The lowest BCUT2D eigenvalue weighted by molar-refractivity contribution is -0.147. The van der Waals surface area contributed by atoms with E-state index >= 15 is 0 Å². The Labute approximate surface area is 165 Å². The van der Waals surface area contributed by atoms with Crippen LogP contribution in [0.25, 0.3) is 0 Å². The fraction of sp³-hybridized carbons (Fsp3) is 0.550. The molecule has 1 aliphatic rings. The van der Waals surface area contributed by atoms with Crippen molar-refractivity contribution in [1.29, 1.82) is 0 Å². The molecule has 0 saturated carbocycles. The number of nitrogens with zero attached hydrogens (tertiary/aromatic N) is 1. The van der Waals surface area contributed by atoms with E-state index in [1.54, 1.807) is 24.3 Å². The number of benzene rings is 1. The Morgan fingerprint density at radius 2 is 2.04 bits per heavy atom. The lowest BCUT2D eigenvalue weighted by Crippen LogP contribution is -2.57. The molecule has 1 saturated heterocycles. The topological polar surface area (TPSA) is 94.2 Å². The summed E-state index contributed by atoms with van der Waals surface area (Å²) in [5.74, 6) is -0.615. The van der Waals surface area contributed by atoms with Crippen molar-refractivity contribution in [2.45, 2.75) is 32.7 Å². The molecule has 8 nitrogen and oxygen atoms in total. The number of rotatable bonds is 10. The first-order valence-electron chi connectivity index (χ1n) is 9.61. The van der Waals surface area contributed by atoms with Crippen LogP contribution < -0.4 is 10.1 Å². The van der Waals surface area contributed by atoms with Gasteiger partial charge in [-0.3, -0.25) is 14.4 Å². The second kappa shape index (κ2) is 11.3. The molecule has 154 valence electrons. The zero-order valence-electron chi connectivity index (χ0n) is 16.4. The molecule has 1 unspecified atom stereocenters. The second-order valence-electron chi connectivity index (χ2n) is 6.30. The van der Waals surface area contributed by atoms with Gasteiger partial charge in [-0.25, -0.2) is 0 Å². The predicted molar refractivity (Wildman–Crippen MR) is 102 cm³/mol. The molecule has 1 N–H and O–H groups in total. The first-order chi connectivity index (χ1) is 13.6. The van der Waals surface area contributed by atoms with E-state index in [-0.39, 0.29) is 18.2 Å². The number of amides is 2. The van der Waals surface area contributed by atoms with Gasteiger partial charge in [-0.1, -0.05) is 13.0 Å². The Morgan fingerprint density at radius 3 is 2.79 bits per heavy atom. The third kappa shape index (κ3) is 6.23. The molecule has 0 spiro atoms. The fourth-order valence-corrected chi connectivity index (χ4v) is 2.84. The van der Waals surface area contributed by atoms with Crippen molar-refractivity contribution in [3.05, 3.63) is 29.8 Å². The average molecular weight is 392 g/mol. The van der Waals surface area contributed by atoms with E-state index in [1.165, 1.54) is 4.90 Å². The fourth-order valence-electron chi connectivity index (χ4n) is 2.84. The standard InChI is InChI=1S/C20H28N2O6/c1-3-10-28-18(23)14-17-19(24)21-8-9-22(17)20(25)15-6-5-7-16(13-15)27-12-11-26-4-2/h5-7,13,17H,3-4,8-12,14H2,1-2H3,(H,21,24). The molecule has 2 rings (SSSR count). The van der Waals surface area contributed by atoms with Gasteiger partial charge in [-0.15, -0.1) is 0 Å². The van der Waals surface area contributed by atoms with E-state index in [1.807, 2.05) is 13.8 Å². The molecule has 0 radical (unpaired) electrons. The van der Waals surface area contributed by atoms with Gasteiger partial charge in [0.15, 0.2) is 0 Å². The van der Waals surface area contributed by atoms with Gasteiger partial charge in [0.05, 0.1) is 19.6 Å². The zero-order valence-corrected chi connectivity index (χ0v) is 16.4. The van der Waals surface area contributed by atoms with Crippen LogP contribution in [0.15, 0.2) is 24.3 Å². The number of esters is 1. The molecule has 8 heteroatoms. The summed E-state index contributed by atoms with van der Waals surface area (Å²) in [5.41, 5.74) is 0.399. The highest BCUT2D eigenvalue weighted by Gasteiger charge is 2.35. The van der Waals surface area contributed by atoms with E-state index in [4.69, 9.17) is 14.2 Å². The van der Waals surface area contributed by atoms with Gasteiger partial charge in [0.25, 0.3) is 5.91 Å². The van der Waals surface area contributed by atoms with E-state index in [2.05, 4.69) is 5.32 Å². The number of hydrogen-bond donors (Lipinski definition) is 1. The van der Waals surface area contributed by atoms with Crippen LogP contribution in [0.2, 0.25) is 0 Å². The van der Waals surface area contributed by atoms with Gasteiger partial charge in [0.2, 0.25) is 5.91 Å². The van der Waals surface area contributed by atoms with Crippen molar-refractivity contribution in [2.24, 2.45) is 0 Å². The highest BCUT2D eigenvalue weighted by atomic mass is 16.5. The third-order valence-corrected chi connectivity index (χ3v) is 4.20. The van der Waals surface area contributed by atoms with Gasteiger partial charge >= 0.3 is 5.97 Å². The van der Waals surface area contributed by atoms with Crippen LogP contribution in [0.5, 0.6) is 5.75 Å². The summed E-state index contributed by atoms with van der Waals surface area (Å²) in [4.78, 5) is 38.7. The molecule has 1 heterocycles. The van der Waals surface area contributed by atoms with Gasteiger partial charge < -0.3 is 24.4 Å². The van der Waals surface area contributed by atoms with Gasteiger partial charge in [-0.05, 0) is 31.5 Å². The van der Waals surface area contributed by atoms with Crippen molar-refractivity contribution in [3.8, 4) is 5.75 Å². The molecular weight excluding hydrogens is 364 g/mol. The Morgan fingerprint density at radius 1 is 1.21 bits per heavy atom. The summed E-state index contributed by atoms with van der Waals surface area (Å²) in [6, 6.07) is 5.89. The van der Waals surface area contributed by atoms with E-state index in [0.717, 1.165) is 0 Å². The highest BCUT2D eigenvalue weighted by molar-refractivity contribution is 5.99. The minimum atomic E-state index is -0.881. The minimum absolute atomic E-state index is 0.165. The maximum absolute atomic E-state index is 13.0. The number of hydrogen-bond acceptors (Lipinski definition) is 6. The summed E-state index contributed by atoms with van der Waals surface area (Å²) < 4.78 is 15.9.